The van der Waals surface area contributed by atoms with Gasteiger partial charge in [0.05, 0.1) is 0 Å². The molecule has 0 bridgehead atoms. The third kappa shape index (κ3) is 2.88. The van der Waals surface area contributed by atoms with Crippen LogP contribution in [0.2, 0.25) is 0 Å². The number of hydrogen-bond donors (Lipinski definition) is 1. The lowest BCUT2D eigenvalue weighted by Gasteiger charge is -2.48. The molecule has 1 fully saturated rings. The van der Waals surface area contributed by atoms with Gasteiger partial charge in [0.15, 0.2) is 0 Å². The van der Waals surface area contributed by atoms with Crippen LogP contribution in [0, 0.1) is 11.3 Å². The van der Waals surface area contributed by atoms with E-state index in [1.54, 1.807) is 11.1 Å². The molecule has 0 saturated heterocycles. The van der Waals surface area contributed by atoms with Crippen LogP contribution in [0.3, 0.4) is 0 Å². The van der Waals surface area contributed by atoms with E-state index in [9.17, 15) is 0 Å². The van der Waals surface area contributed by atoms with Gasteiger partial charge in [-0.3, -0.25) is 0 Å². The van der Waals surface area contributed by atoms with Gasteiger partial charge >= 0.3 is 0 Å². The van der Waals surface area contributed by atoms with Crippen LogP contribution in [0.5, 0.6) is 0 Å². The van der Waals surface area contributed by atoms with Gasteiger partial charge in [-0.1, -0.05) is 58.0 Å². The predicted octanol–water partition coefficient (Wildman–Crippen LogP) is 5.17. The Labute approximate surface area is 136 Å². The Kier molecular flexibility index (Phi) is 4.20. The van der Waals surface area contributed by atoms with Gasteiger partial charge in [-0.05, 0) is 65.7 Å². The second-order valence-electron chi connectivity index (χ2n) is 8.42. The van der Waals surface area contributed by atoms with Gasteiger partial charge in [-0.25, -0.2) is 0 Å². The third-order valence-electron chi connectivity index (χ3n) is 6.22. The van der Waals surface area contributed by atoms with E-state index in [1.807, 2.05) is 0 Å². The summed E-state index contributed by atoms with van der Waals surface area (Å²) >= 11 is 0. The van der Waals surface area contributed by atoms with E-state index >= 15 is 0 Å². The summed E-state index contributed by atoms with van der Waals surface area (Å²) < 4.78 is 0. The van der Waals surface area contributed by atoms with Crippen LogP contribution in [0.4, 0.5) is 0 Å². The fourth-order valence-electron chi connectivity index (χ4n) is 4.53. The van der Waals surface area contributed by atoms with Crippen molar-refractivity contribution in [1.82, 2.24) is 5.32 Å². The van der Waals surface area contributed by atoms with E-state index in [0.29, 0.717) is 10.8 Å². The first-order valence-electron chi connectivity index (χ1n) is 8.92. The summed E-state index contributed by atoms with van der Waals surface area (Å²) in [5.41, 5.74) is 5.47. The minimum Gasteiger partial charge on any atom is -0.313 e. The zero-order chi connectivity index (χ0) is 15.8. The Balaban J connectivity index is 1.99. The van der Waals surface area contributed by atoms with Crippen molar-refractivity contribution in [2.45, 2.75) is 58.8 Å². The van der Waals surface area contributed by atoms with Crippen molar-refractivity contribution in [3.63, 3.8) is 0 Å². The number of nitrogens with one attached hydrogen (secondary N) is 1. The van der Waals surface area contributed by atoms with Gasteiger partial charge in [-0.15, -0.1) is 0 Å². The third-order valence-corrected chi connectivity index (χ3v) is 6.22. The smallest absolute Gasteiger partial charge is 0.0140 e. The molecule has 0 spiro atoms. The van der Waals surface area contributed by atoms with Crippen LogP contribution in [-0.2, 0) is 5.41 Å². The molecule has 2 atom stereocenters. The summed E-state index contributed by atoms with van der Waals surface area (Å²) in [5.74, 6) is 0.736. The standard InChI is InChI=1S/C21H31N/c1-16-15-20(2,3)11-12-21(16,4)19-8-6-5-7-18(19)17-9-13-22-14-10-17/h5-9,16,22H,10-15H2,1-4H3. The molecule has 1 saturated carbocycles. The normalized spacial score (nSPS) is 31.6. The van der Waals surface area contributed by atoms with Crippen LogP contribution >= 0.6 is 0 Å². The fraction of sp³-hybridized carbons (Fsp3) is 0.619. The maximum atomic E-state index is 3.44. The Morgan fingerprint density at radius 2 is 1.86 bits per heavy atom. The Morgan fingerprint density at radius 1 is 1.09 bits per heavy atom. The molecule has 1 heteroatoms. The Hall–Kier alpha value is -1.08. The zero-order valence-electron chi connectivity index (χ0n) is 14.7. The molecule has 120 valence electrons. The molecule has 1 heterocycles. The molecule has 1 N–H and O–H groups in total. The first-order chi connectivity index (χ1) is 10.4. The average Bonchev–Trinajstić information content (AvgIpc) is 2.52. The molecule has 0 radical (unpaired) electrons. The number of rotatable bonds is 2. The SMILES string of the molecule is CC1CC(C)(C)CCC1(C)c1ccccc1C1=CCNCC1. The lowest BCUT2D eigenvalue weighted by atomic mass is 9.57. The first-order valence-corrected chi connectivity index (χ1v) is 8.92. The quantitative estimate of drug-likeness (QED) is 0.794. The van der Waals surface area contributed by atoms with Crippen LogP contribution in [0.1, 0.15) is 64.5 Å². The van der Waals surface area contributed by atoms with Crippen LogP contribution in [0.25, 0.3) is 5.57 Å². The molecule has 1 aromatic rings. The van der Waals surface area contributed by atoms with Crippen LogP contribution in [-0.4, -0.2) is 13.1 Å². The van der Waals surface area contributed by atoms with E-state index in [-0.39, 0.29) is 0 Å². The van der Waals surface area contributed by atoms with Gasteiger partial charge in [0, 0.05) is 6.54 Å². The summed E-state index contributed by atoms with van der Waals surface area (Å²) in [7, 11) is 0. The minimum atomic E-state index is 0.317. The van der Waals surface area contributed by atoms with E-state index in [0.717, 1.165) is 25.4 Å². The van der Waals surface area contributed by atoms with Gasteiger partial charge in [0.25, 0.3) is 0 Å². The second-order valence-corrected chi connectivity index (χ2v) is 8.42. The van der Waals surface area contributed by atoms with Crippen molar-refractivity contribution in [2.24, 2.45) is 11.3 Å². The largest absolute Gasteiger partial charge is 0.313 e. The van der Waals surface area contributed by atoms with Crippen molar-refractivity contribution in [3.8, 4) is 0 Å². The molecule has 0 amide bonds. The van der Waals surface area contributed by atoms with Crippen LogP contribution in [0.15, 0.2) is 30.3 Å². The summed E-state index contributed by atoms with van der Waals surface area (Å²) in [6.07, 6.45) is 7.53. The molecule has 2 unspecified atom stereocenters. The molecule has 1 aliphatic heterocycles. The molecule has 22 heavy (non-hydrogen) atoms. The second kappa shape index (κ2) is 5.85. The molecule has 0 aromatic heterocycles. The zero-order valence-corrected chi connectivity index (χ0v) is 14.7. The molecular weight excluding hydrogens is 266 g/mol. The molecule has 3 rings (SSSR count). The fourth-order valence-corrected chi connectivity index (χ4v) is 4.53. The molecule has 1 aliphatic carbocycles. The van der Waals surface area contributed by atoms with Crippen molar-refractivity contribution < 1.29 is 0 Å². The van der Waals surface area contributed by atoms with Crippen molar-refractivity contribution in [3.05, 3.63) is 41.5 Å². The van der Waals surface area contributed by atoms with E-state index in [4.69, 9.17) is 0 Å². The van der Waals surface area contributed by atoms with Crippen molar-refractivity contribution >= 4 is 5.57 Å². The van der Waals surface area contributed by atoms with Gasteiger partial charge < -0.3 is 5.32 Å². The highest BCUT2D eigenvalue weighted by Gasteiger charge is 2.42. The Morgan fingerprint density at radius 3 is 2.55 bits per heavy atom. The molecule has 2 aliphatic rings. The minimum absolute atomic E-state index is 0.317. The number of hydrogen-bond acceptors (Lipinski definition) is 1. The topological polar surface area (TPSA) is 12.0 Å². The van der Waals surface area contributed by atoms with E-state index in [1.165, 1.54) is 24.8 Å². The first kappa shape index (κ1) is 15.8. The number of benzene rings is 1. The van der Waals surface area contributed by atoms with Gasteiger partial charge in [-0.2, -0.15) is 0 Å². The summed E-state index contributed by atoms with van der Waals surface area (Å²) in [6.45, 7) is 12.0. The lowest BCUT2D eigenvalue weighted by molar-refractivity contribution is 0.109. The molecule has 1 nitrogen and oxygen atoms in total. The van der Waals surface area contributed by atoms with Crippen molar-refractivity contribution in [2.75, 3.05) is 13.1 Å². The highest BCUT2D eigenvalue weighted by atomic mass is 14.8. The van der Waals surface area contributed by atoms with E-state index in [2.05, 4.69) is 63.4 Å². The van der Waals surface area contributed by atoms with Crippen molar-refractivity contribution in [1.29, 1.82) is 0 Å². The van der Waals surface area contributed by atoms with E-state index < -0.39 is 0 Å². The molecular formula is C21H31N. The van der Waals surface area contributed by atoms with Gasteiger partial charge in [0.2, 0.25) is 0 Å². The summed E-state index contributed by atoms with van der Waals surface area (Å²) in [6, 6.07) is 9.19. The highest BCUT2D eigenvalue weighted by molar-refractivity contribution is 5.70. The summed E-state index contributed by atoms with van der Waals surface area (Å²) in [4.78, 5) is 0. The lowest BCUT2D eigenvalue weighted by Crippen LogP contribution is -2.40. The monoisotopic (exact) mass is 297 g/mol. The predicted molar refractivity (Wildman–Crippen MR) is 96.1 cm³/mol. The molecule has 1 aromatic carbocycles. The van der Waals surface area contributed by atoms with Crippen LogP contribution < -0.4 is 5.32 Å². The maximum Gasteiger partial charge on any atom is 0.0140 e. The van der Waals surface area contributed by atoms with Gasteiger partial charge in [0.1, 0.15) is 0 Å². The summed E-state index contributed by atoms with van der Waals surface area (Å²) in [5, 5.41) is 3.44. The highest BCUT2D eigenvalue weighted by Crippen LogP contribution is 2.51. The average molecular weight is 297 g/mol. The maximum absolute atomic E-state index is 3.44. The Bertz CT molecular complexity index is 569.